The minimum absolute atomic E-state index is 0.0129. The van der Waals surface area contributed by atoms with Crippen molar-refractivity contribution in [3.8, 4) is 11.8 Å². The zero-order chi connectivity index (χ0) is 19.5. The largest absolute Gasteiger partial charge is 0.505 e. The van der Waals surface area contributed by atoms with Gasteiger partial charge in [0.25, 0.3) is 10.0 Å². The van der Waals surface area contributed by atoms with Gasteiger partial charge in [0.2, 0.25) is 9.84 Å². The number of nitrogens with one attached hydrogen (secondary N) is 1. The van der Waals surface area contributed by atoms with Gasteiger partial charge in [0.15, 0.2) is 5.75 Å². The lowest BCUT2D eigenvalue weighted by molar-refractivity contribution is 0.459. The second kappa shape index (κ2) is 7.55. The standard InChI is InChI=1S/C15H10Cl2N2O5S2/c16-10-8-13(17)15(20)14(9-10)26(23,24)19-11-2-4-12(5-3-11)25(21,22)7-1-6-18/h1-5,7-9,19-20H/b7-1+. The molecular formula is C15H10Cl2N2O5S2. The zero-order valence-electron chi connectivity index (χ0n) is 12.7. The van der Waals surface area contributed by atoms with E-state index in [1.54, 1.807) is 6.07 Å². The van der Waals surface area contributed by atoms with Crippen LogP contribution in [-0.2, 0) is 19.9 Å². The van der Waals surface area contributed by atoms with E-state index >= 15 is 0 Å². The van der Waals surface area contributed by atoms with Crippen molar-refractivity contribution in [2.45, 2.75) is 9.79 Å². The van der Waals surface area contributed by atoms with Gasteiger partial charge in [-0.1, -0.05) is 23.2 Å². The molecule has 0 radical (unpaired) electrons. The van der Waals surface area contributed by atoms with Crippen LogP contribution in [0.5, 0.6) is 5.75 Å². The highest BCUT2D eigenvalue weighted by molar-refractivity contribution is 7.94. The Morgan fingerprint density at radius 3 is 2.27 bits per heavy atom. The van der Waals surface area contributed by atoms with Gasteiger partial charge in [-0.05, 0) is 36.4 Å². The number of rotatable bonds is 5. The number of sulfonamides is 1. The third-order valence-electron chi connectivity index (χ3n) is 3.04. The van der Waals surface area contributed by atoms with Crippen molar-refractivity contribution in [3.63, 3.8) is 0 Å². The molecule has 0 saturated heterocycles. The van der Waals surface area contributed by atoms with Gasteiger partial charge < -0.3 is 5.11 Å². The number of halogens is 2. The number of nitriles is 1. The van der Waals surface area contributed by atoms with E-state index in [0.717, 1.165) is 17.6 Å². The van der Waals surface area contributed by atoms with Gasteiger partial charge in [0, 0.05) is 22.2 Å². The lowest BCUT2D eigenvalue weighted by atomic mass is 10.3. The maximum Gasteiger partial charge on any atom is 0.265 e. The first kappa shape index (κ1) is 20.1. The highest BCUT2D eigenvalue weighted by Gasteiger charge is 2.22. The first-order chi connectivity index (χ1) is 12.1. The number of benzene rings is 2. The Morgan fingerprint density at radius 1 is 1.08 bits per heavy atom. The molecule has 0 aromatic heterocycles. The van der Waals surface area contributed by atoms with Crippen molar-refractivity contribution < 1.29 is 21.9 Å². The van der Waals surface area contributed by atoms with Crippen LogP contribution in [0.2, 0.25) is 10.0 Å². The summed E-state index contributed by atoms with van der Waals surface area (Å²) in [5, 5.41) is 18.8. The molecule has 0 aliphatic carbocycles. The highest BCUT2D eigenvalue weighted by Crippen LogP contribution is 2.35. The Morgan fingerprint density at radius 2 is 1.69 bits per heavy atom. The Balaban J connectivity index is 2.35. The van der Waals surface area contributed by atoms with Crippen LogP contribution in [0, 0.1) is 11.3 Å². The highest BCUT2D eigenvalue weighted by atomic mass is 35.5. The Kier molecular flexibility index (Phi) is 5.83. The minimum Gasteiger partial charge on any atom is -0.505 e. The van der Waals surface area contributed by atoms with Gasteiger partial charge in [-0.2, -0.15) is 5.26 Å². The second-order valence-corrected chi connectivity index (χ2v) is 9.17. The lowest BCUT2D eigenvalue weighted by Gasteiger charge is -2.11. The summed E-state index contributed by atoms with van der Waals surface area (Å²) in [6.45, 7) is 0. The average molecular weight is 433 g/mol. The molecule has 2 aromatic carbocycles. The molecule has 7 nitrogen and oxygen atoms in total. The predicted octanol–water partition coefficient (Wildman–Crippen LogP) is 3.31. The van der Waals surface area contributed by atoms with Crippen LogP contribution in [0.15, 0.2) is 57.7 Å². The first-order valence-corrected chi connectivity index (χ1v) is 10.5. The van der Waals surface area contributed by atoms with Crippen molar-refractivity contribution in [2.75, 3.05) is 4.72 Å². The second-order valence-electron chi connectivity index (χ2n) is 4.84. The van der Waals surface area contributed by atoms with Gasteiger partial charge in [-0.25, -0.2) is 16.8 Å². The molecule has 0 spiro atoms. The van der Waals surface area contributed by atoms with Gasteiger partial charge >= 0.3 is 0 Å². The summed E-state index contributed by atoms with van der Waals surface area (Å²) < 4.78 is 50.8. The van der Waals surface area contributed by atoms with E-state index < -0.39 is 30.5 Å². The number of anilines is 1. The van der Waals surface area contributed by atoms with Crippen LogP contribution in [0.3, 0.4) is 0 Å². The van der Waals surface area contributed by atoms with Crippen LogP contribution >= 0.6 is 23.2 Å². The van der Waals surface area contributed by atoms with Gasteiger partial charge in [0.1, 0.15) is 4.90 Å². The van der Waals surface area contributed by atoms with Gasteiger partial charge in [0.05, 0.1) is 16.0 Å². The number of hydrogen-bond acceptors (Lipinski definition) is 6. The molecule has 0 fully saturated rings. The molecule has 0 atom stereocenters. The molecule has 0 heterocycles. The number of aromatic hydroxyl groups is 1. The van der Waals surface area contributed by atoms with E-state index in [1.165, 1.54) is 30.3 Å². The van der Waals surface area contributed by atoms with Crippen LogP contribution in [-0.4, -0.2) is 21.9 Å². The Labute approximate surface area is 160 Å². The SMILES string of the molecule is N#C/C=C/S(=O)(=O)c1ccc(NS(=O)(=O)c2cc(Cl)cc(Cl)c2O)cc1. The molecule has 2 rings (SSSR count). The molecule has 0 saturated carbocycles. The monoisotopic (exact) mass is 432 g/mol. The molecule has 26 heavy (non-hydrogen) atoms. The molecule has 11 heteroatoms. The lowest BCUT2D eigenvalue weighted by Crippen LogP contribution is -2.13. The number of hydrogen-bond donors (Lipinski definition) is 2. The van der Waals surface area contributed by atoms with E-state index in [-0.39, 0.29) is 20.6 Å². The van der Waals surface area contributed by atoms with E-state index in [9.17, 15) is 21.9 Å². The third kappa shape index (κ3) is 4.47. The molecule has 2 N–H and O–H groups in total. The normalized spacial score (nSPS) is 12.0. The van der Waals surface area contributed by atoms with Crippen molar-refractivity contribution in [2.24, 2.45) is 0 Å². The minimum atomic E-state index is -4.23. The summed E-state index contributed by atoms with van der Waals surface area (Å²) in [6, 6.07) is 8.55. The summed E-state index contributed by atoms with van der Waals surface area (Å²) >= 11 is 11.5. The maximum atomic E-state index is 12.4. The summed E-state index contributed by atoms with van der Waals surface area (Å²) in [7, 11) is -8.04. The fourth-order valence-electron chi connectivity index (χ4n) is 1.87. The first-order valence-electron chi connectivity index (χ1n) is 6.69. The van der Waals surface area contributed by atoms with Crippen molar-refractivity contribution in [3.05, 3.63) is 57.9 Å². The molecule has 0 unspecified atom stereocenters. The molecule has 0 amide bonds. The topological polar surface area (TPSA) is 124 Å². The van der Waals surface area contributed by atoms with Crippen LogP contribution in [0.25, 0.3) is 0 Å². The van der Waals surface area contributed by atoms with E-state index in [2.05, 4.69) is 4.72 Å². The number of phenolic OH excluding ortho intramolecular Hbond substituents is 1. The zero-order valence-corrected chi connectivity index (χ0v) is 15.9. The molecule has 0 aliphatic rings. The van der Waals surface area contributed by atoms with Gasteiger partial charge in [-0.3, -0.25) is 4.72 Å². The summed E-state index contributed by atoms with van der Waals surface area (Å²) in [5.41, 5.74) is 0.0451. The van der Waals surface area contributed by atoms with Crippen LogP contribution in [0.1, 0.15) is 0 Å². The third-order valence-corrected chi connectivity index (χ3v) is 6.36. The molecule has 0 aliphatic heterocycles. The van der Waals surface area contributed by atoms with Crippen molar-refractivity contribution >= 4 is 48.7 Å². The summed E-state index contributed by atoms with van der Waals surface area (Å²) in [6.07, 6.45) is 0.817. The number of phenols is 1. The Bertz CT molecular complexity index is 1120. The van der Waals surface area contributed by atoms with E-state index in [0.29, 0.717) is 0 Å². The van der Waals surface area contributed by atoms with Crippen LogP contribution in [0.4, 0.5) is 5.69 Å². The van der Waals surface area contributed by atoms with E-state index in [4.69, 9.17) is 28.5 Å². The quantitative estimate of drug-likeness (QED) is 0.698. The molecule has 2 aromatic rings. The smallest absolute Gasteiger partial charge is 0.265 e. The number of sulfone groups is 1. The van der Waals surface area contributed by atoms with Crippen LogP contribution < -0.4 is 4.72 Å². The van der Waals surface area contributed by atoms with E-state index in [1.807, 2.05) is 0 Å². The fraction of sp³-hybridized carbons (Fsp3) is 0. The molecular weight excluding hydrogens is 423 g/mol. The average Bonchev–Trinajstić information content (AvgIpc) is 2.56. The summed E-state index contributed by atoms with van der Waals surface area (Å²) in [5.74, 6) is -0.663. The molecule has 0 bridgehead atoms. The van der Waals surface area contributed by atoms with Crippen molar-refractivity contribution in [1.29, 1.82) is 5.26 Å². The number of nitrogens with zero attached hydrogens (tertiary/aromatic N) is 1. The predicted molar refractivity (Wildman–Crippen MR) is 97.3 cm³/mol. The molecule has 136 valence electrons. The fourth-order valence-corrected chi connectivity index (χ4v) is 4.60. The number of allylic oxidation sites excluding steroid dienone is 1. The Hall–Kier alpha value is -2.25. The summed E-state index contributed by atoms with van der Waals surface area (Å²) in [4.78, 5) is -0.649. The van der Waals surface area contributed by atoms with Gasteiger partial charge in [-0.15, -0.1) is 0 Å². The maximum absolute atomic E-state index is 12.4. The van der Waals surface area contributed by atoms with Crippen molar-refractivity contribution in [1.82, 2.24) is 0 Å².